The molecule has 0 unspecified atom stereocenters. The highest BCUT2D eigenvalue weighted by Crippen LogP contribution is 2.31. The molecule has 0 nitrogen and oxygen atoms in total. The van der Waals surface area contributed by atoms with E-state index in [2.05, 4.69) is 97.9 Å². The molecular weight excluding hydrogens is 276 g/mol. The molecule has 0 amide bonds. The first-order chi connectivity index (χ1) is 11.3. The second kappa shape index (κ2) is 5.73. The molecule has 4 rings (SSSR count). The van der Waals surface area contributed by atoms with Crippen LogP contribution >= 0.6 is 0 Å². The van der Waals surface area contributed by atoms with Gasteiger partial charge in [0.15, 0.2) is 0 Å². The van der Waals surface area contributed by atoms with Gasteiger partial charge in [-0.25, -0.2) is 0 Å². The van der Waals surface area contributed by atoms with Crippen molar-refractivity contribution in [2.75, 3.05) is 0 Å². The number of hydrogen-bond donors (Lipinski definition) is 0. The van der Waals surface area contributed by atoms with E-state index in [1.807, 2.05) is 0 Å². The van der Waals surface area contributed by atoms with Gasteiger partial charge in [-0.3, -0.25) is 0 Å². The smallest absolute Gasteiger partial charge is 0.0103 e. The van der Waals surface area contributed by atoms with Gasteiger partial charge in [0, 0.05) is 0 Å². The van der Waals surface area contributed by atoms with Crippen molar-refractivity contribution in [3.05, 3.63) is 96.6 Å². The molecule has 0 N–H and O–H groups in total. The summed E-state index contributed by atoms with van der Waals surface area (Å²) < 4.78 is 0. The van der Waals surface area contributed by atoms with E-state index in [4.69, 9.17) is 0 Å². The number of hydrogen-bond acceptors (Lipinski definition) is 0. The van der Waals surface area contributed by atoms with Gasteiger partial charge >= 0.3 is 0 Å². The lowest BCUT2D eigenvalue weighted by molar-refractivity contribution is 1.52. The summed E-state index contributed by atoms with van der Waals surface area (Å²) in [5, 5.41) is 2.65. The number of benzene rings is 4. The third kappa shape index (κ3) is 2.53. The Hall–Kier alpha value is -2.86. The predicted octanol–water partition coefficient (Wildman–Crippen LogP) is 6.48. The van der Waals surface area contributed by atoms with Crippen LogP contribution in [-0.4, -0.2) is 0 Å². The molecule has 0 atom stereocenters. The standard InChI is InChI=1S/C23H18/c1-17-11-16-22(23-10-6-5-9-21(17)23)20-14-12-19(13-15-20)18-7-3-2-4-8-18/h2-16H,1H3. The molecule has 0 aromatic heterocycles. The molecule has 23 heavy (non-hydrogen) atoms. The van der Waals surface area contributed by atoms with Crippen LogP contribution in [0.15, 0.2) is 91.0 Å². The summed E-state index contributed by atoms with van der Waals surface area (Å²) in [6.45, 7) is 2.17. The average Bonchev–Trinajstić information content (AvgIpc) is 2.63. The molecule has 0 radical (unpaired) electrons. The summed E-state index contributed by atoms with van der Waals surface area (Å²) in [5.74, 6) is 0. The fourth-order valence-electron chi connectivity index (χ4n) is 3.17. The molecule has 110 valence electrons. The van der Waals surface area contributed by atoms with Gasteiger partial charge in [-0.05, 0) is 45.5 Å². The van der Waals surface area contributed by atoms with E-state index < -0.39 is 0 Å². The van der Waals surface area contributed by atoms with Crippen LogP contribution in [0.25, 0.3) is 33.0 Å². The molecule has 0 aliphatic rings. The minimum atomic E-state index is 1.26. The summed E-state index contributed by atoms with van der Waals surface area (Å²) in [5.41, 5.74) is 6.40. The van der Waals surface area contributed by atoms with Crippen LogP contribution in [0.4, 0.5) is 0 Å². The monoisotopic (exact) mass is 294 g/mol. The van der Waals surface area contributed by atoms with E-state index in [9.17, 15) is 0 Å². The zero-order valence-corrected chi connectivity index (χ0v) is 13.2. The normalized spacial score (nSPS) is 10.8. The third-order valence-corrected chi connectivity index (χ3v) is 4.45. The van der Waals surface area contributed by atoms with E-state index in [-0.39, 0.29) is 0 Å². The van der Waals surface area contributed by atoms with Crippen LogP contribution in [0.2, 0.25) is 0 Å². The lowest BCUT2D eigenvalue weighted by Crippen LogP contribution is -1.85. The SMILES string of the molecule is Cc1ccc(-c2ccc(-c3ccccc3)cc2)c2ccccc12. The molecule has 4 aromatic rings. The topological polar surface area (TPSA) is 0 Å². The first-order valence-electron chi connectivity index (χ1n) is 7.97. The predicted molar refractivity (Wildman–Crippen MR) is 99.6 cm³/mol. The molecule has 0 aliphatic heterocycles. The van der Waals surface area contributed by atoms with Crippen molar-refractivity contribution in [3.63, 3.8) is 0 Å². The molecule has 0 bridgehead atoms. The van der Waals surface area contributed by atoms with Gasteiger partial charge in [0.1, 0.15) is 0 Å². The Balaban J connectivity index is 1.82. The maximum Gasteiger partial charge on any atom is -0.0103 e. The van der Waals surface area contributed by atoms with E-state index in [0.717, 1.165) is 0 Å². The fraction of sp³-hybridized carbons (Fsp3) is 0.0435. The molecule has 0 heteroatoms. The molecule has 0 saturated carbocycles. The zero-order chi connectivity index (χ0) is 15.6. The van der Waals surface area contributed by atoms with Gasteiger partial charge in [0.2, 0.25) is 0 Å². The van der Waals surface area contributed by atoms with E-state index in [1.165, 1.54) is 38.6 Å². The minimum Gasteiger partial charge on any atom is -0.0622 e. The molecule has 4 aromatic carbocycles. The Morgan fingerprint density at radius 2 is 1.00 bits per heavy atom. The Morgan fingerprint density at radius 3 is 1.74 bits per heavy atom. The highest BCUT2D eigenvalue weighted by atomic mass is 14.1. The van der Waals surface area contributed by atoms with Crippen molar-refractivity contribution in [2.24, 2.45) is 0 Å². The van der Waals surface area contributed by atoms with E-state index in [1.54, 1.807) is 0 Å². The zero-order valence-electron chi connectivity index (χ0n) is 13.2. The Morgan fingerprint density at radius 1 is 0.435 bits per heavy atom. The van der Waals surface area contributed by atoms with Gasteiger partial charge in [-0.1, -0.05) is 91.0 Å². The van der Waals surface area contributed by atoms with Crippen LogP contribution < -0.4 is 0 Å². The van der Waals surface area contributed by atoms with Crippen LogP contribution in [0, 0.1) is 6.92 Å². The number of rotatable bonds is 2. The van der Waals surface area contributed by atoms with Gasteiger partial charge < -0.3 is 0 Å². The highest BCUT2D eigenvalue weighted by Gasteiger charge is 2.06. The second-order valence-electron chi connectivity index (χ2n) is 5.92. The average molecular weight is 294 g/mol. The molecule has 0 heterocycles. The quantitative estimate of drug-likeness (QED) is 0.397. The number of fused-ring (bicyclic) bond motifs is 1. The van der Waals surface area contributed by atoms with Crippen molar-refractivity contribution < 1.29 is 0 Å². The molecule has 0 aliphatic carbocycles. The Bertz CT molecular complexity index is 948. The molecule has 0 spiro atoms. The Labute approximate surface area is 137 Å². The van der Waals surface area contributed by atoms with Crippen molar-refractivity contribution in [1.29, 1.82) is 0 Å². The van der Waals surface area contributed by atoms with Crippen LogP contribution in [-0.2, 0) is 0 Å². The van der Waals surface area contributed by atoms with Crippen molar-refractivity contribution >= 4 is 10.8 Å². The maximum atomic E-state index is 2.23. The summed E-state index contributed by atoms with van der Waals surface area (Å²) in [7, 11) is 0. The number of aryl methyl sites for hydroxylation is 1. The van der Waals surface area contributed by atoms with Gasteiger partial charge in [0.05, 0.1) is 0 Å². The van der Waals surface area contributed by atoms with E-state index in [0.29, 0.717) is 0 Å². The second-order valence-corrected chi connectivity index (χ2v) is 5.92. The van der Waals surface area contributed by atoms with Crippen LogP contribution in [0.1, 0.15) is 5.56 Å². The summed E-state index contributed by atoms with van der Waals surface area (Å²) in [6.07, 6.45) is 0. The fourth-order valence-corrected chi connectivity index (χ4v) is 3.17. The van der Waals surface area contributed by atoms with Gasteiger partial charge in [-0.15, -0.1) is 0 Å². The van der Waals surface area contributed by atoms with Gasteiger partial charge in [0.25, 0.3) is 0 Å². The lowest BCUT2D eigenvalue weighted by Gasteiger charge is -2.10. The third-order valence-electron chi connectivity index (χ3n) is 4.45. The lowest BCUT2D eigenvalue weighted by atomic mass is 9.94. The molecule has 0 fully saturated rings. The highest BCUT2D eigenvalue weighted by molar-refractivity contribution is 5.98. The van der Waals surface area contributed by atoms with E-state index >= 15 is 0 Å². The summed E-state index contributed by atoms with van der Waals surface area (Å²) in [6, 6.07) is 32.4. The molecule has 0 saturated heterocycles. The maximum absolute atomic E-state index is 2.23. The molecular formula is C23H18. The van der Waals surface area contributed by atoms with Gasteiger partial charge in [-0.2, -0.15) is 0 Å². The largest absolute Gasteiger partial charge is 0.0622 e. The Kier molecular flexibility index (Phi) is 3.44. The van der Waals surface area contributed by atoms with Crippen molar-refractivity contribution in [3.8, 4) is 22.3 Å². The first-order valence-corrected chi connectivity index (χ1v) is 7.97. The summed E-state index contributed by atoms with van der Waals surface area (Å²) in [4.78, 5) is 0. The minimum absolute atomic E-state index is 1.26. The van der Waals surface area contributed by atoms with Crippen molar-refractivity contribution in [2.45, 2.75) is 6.92 Å². The van der Waals surface area contributed by atoms with Crippen LogP contribution in [0.5, 0.6) is 0 Å². The van der Waals surface area contributed by atoms with Crippen molar-refractivity contribution in [1.82, 2.24) is 0 Å². The first kappa shape index (κ1) is 13.8. The summed E-state index contributed by atoms with van der Waals surface area (Å²) >= 11 is 0. The van der Waals surface area contributed by atoms with Crippen LogP contribution in [0.3, 0.4) is 0 Å².